The molecule has 5 aromatic rings. The van der Waals surface area contributed by atoms with Crippen molar-refractivity contribution in [2.75, 3.05) is 0 Å². The van der Waals surface area contributed by atoms with E-state index in [4.69, 9.17) is 28.4 Å². The number of hydrogen-bond acceptors (Lipinski definition) is 12. The monoisotopic (exact) mass is 714 g/mol. The van der Waals surface area contributed by atoms with Crippen LogP contribution in [0.2, 0.25) is 0 Å². The Morgan fingerprint density at radius 3 is 1.09 bits per heavy atom. The summed E-state index contributed by atoms with van der Waals surface area (Å²) in [6.45, 7) is 3.63. The molecular weight excluding hydrogens is 684 g/mol. The lowest BCUT2D eigenvalue weighted by molar-refractivity contribution is -0.132. The number of ether oxygens (including phenoxy) is 6. The normalized spacial score (nSPS) is 10.5. The van der Waals surface area contributed by atoms with Gasteiger partial charge in [-0.2, -0.15) is 0 Å². The van der Waals surface area contributed by atoms with Crippen molar-refractivity contribution in [3.05, 3.63) is 143 Å². The van der Waals surface area contributed by atoms with Gasteiger partial charge in [0, 0.05) is 26.8 Å². The van der Waals surface area contributed by atoms with E-state index in [1.807, 2.05) is 0 Å². The fourth-order valence-corrected chi connectivity index (χ4v) is 4.77. The van der Waals surface area contributed by atoms with Gasteiger partial charge in [0.25, 0.3) is 0 Å². The number of hydrogen-bond donors (Lipinski definition) is 0. The molecule has 0 spiro atoms. The summed E-state index contributed by atoms with van der Waals surface area (Å²) in [4.78, 5) is 73.9. The van der Waals surface area contributed by atoms with Crippen molar-refractivity contribution in [1.29, 1.82) is 0 Å². The first kappa shape index (κ1) is 36.9. The van der Waals surface area contributed by atoms with Crippen LogP contribution in [0.15, 0.2) is 115 Å². The van der Waals surface area contributed by atoms with Gasteiger partial charge in [0.05, 0.1) is 0 Å². The van der Waals surface area contributed by atoms with E-state index in [-0.39, 0.29) is 51.2 Å². The molecule has 0 fully saturated rings. The highest BCUT2D eigenvalue weighted by molar-refractivity contribution is 5.97. The third-order valence-electron chi connectivity index (χ3n) is 6.96. The first-order valence-electron chi connectivity index (χ1n) is 15.9. The van der Waals surface area contributed by atoms with Crippen LogP contribution in [0.25, 0.3) is 12.2 Å². The summed E-state index contributed by atoms with van der Waals surface area (Å²) in [6, 6.07) is 29.1. The van der Waals surface area contributed by atoms with Crippen molar-refractivity contribution in [3.63, 3.8) is 0 Å². The Kier molecular flexibility index (Phi) is 11.9. The fraction of sp³-hybridized carbons (Fsp3) is 0.0732. The first-order chi connectivity index (χ1) is 25.4. The number of rotatable bonds is 11. The highest BCUT2D eigenvalue weighted by Gasteiger charge is 2.20. The molecule has 266 valence electrons. The second-order valence-corrected chi connectivity index (χ2v) is 11.1. The molecule has 0 aliphatic heterocycles. The van der Waals surface area contributed by atoms with E-state index < -0.39 is 35.8 Å². The minimum absolute atomic E-state index is 0.00231. The molecule has 0 amide bonds. The molecule has 0 unspecified atom stereocenters. The Labute approximate surface area is 303 Å². The van der Waals surface area contributed by atoms with E-state index in [1.54, 1.807) is 72.8 Å². The molecule has 53 heavy (non-hydrogen) atoms. The molecule has 0 saturated carbocycles. The summed E-state index contributed by atoms with van der Waals surface area (Å²) >= 11 is 0. The Morgan fingerprint density at radius 2 is 0.717 bits per heavy atom. The van der Waals surface area contributed by atoms with Gasteiger partial charge in [-0.1, -0.05) is 60.7 Å². The molecule has 0 aliphatic carbocycles. The predicted molar refractivity (Wildman–Crippen MR) is 190 cm³/mol. The average molecular weight is 715 g/mol. The molecule has 0 heterocycles. The van der Waals surface area contributed by atoms with Crippen LogP contribution in [-0.2, 0) is 14.4 Å². The maximum Gasteiger partial charge on any atom is 0.347 e. The van der Waals surface area contributed by atoms with Crippen LogP contribution in [0, 0.1) is 0 Å². The third kappa shape index (κ3) is 10.3. The van der Waals surface area contributed by atoms with Crippen molar-refractivity contribution >= 4 is 48.0 Å². The maximum absolute atomic E-state index is 13.2. The molecule has 5 aromatic carbocycles. The van der Waals surface area contributed by atoms with Crippen molar-refractivity contribution in [2.24, 2.45) is 0 Å². The van der Waals surface area contributed by atoms with Crippen LogP contribution < -0.4 is 28.4 Å². The molecule has 0 radical (unpaired) electrons. The minimum atomic E-state index is -0.846. The highest BCUT2D eigenvalue weighted by atomic mass is 16.6. The van der Waals surface area contributed by atoms with E-state index >= 15 is 0 Å². The molecule has 0 aromatic heterocycles. The highest BCUT2D eigenvalue weighted by Crippen LogP contribution is 2.29. The van der Waals surface area contributed by atoms with Gasteiger partial charge in [0.2, 0.25) is 0 Å². The van der Waals surface area contributed by atoms with Crippen LogP contribution in [-0.4, -0.2) is 35.8 Å². The molecule has 12 nitrogen and oxygen atoms in total. The summed E-state index contributed by atoms with van der Waals surface area (Å²) in [5, 5.41) is 0. The molecule has 0 saturated heterocycles. The van der Waals surface area contributed by atoms with Gasteiger partial charge in [0.15, 0.2) is 0 Å². The molecule has 5 rings (SSSR count). The summed E-state index contributed by atoms with van der Waals surface area (Å²) in [5.41, 5.74) is 1.16. The first-order valence-corrected chi connectivity index (χ1v) is 15.9. The van der Waals surface area contributed by atoms with E-state index in [0.29, 0.717) is 11.1 Å². The topological polar surface area (TPSA) is 158 Å². The fourth-order valence-electron chi connectivity index (χ4n) is 4.77. The molecule has 0 aliphatic rings. The van der Waals surface area contributed by atoms with Crippen LogP contribution in [0.4, 0.5) is 0 Å². The van der Waals surface area contributed by atoms with Gasteiger partial charge in [-0.25, -0.2) is 14.4 Å². The summed E-state index contributed by atoms with van der Waals surface area (Å²) in [7, 11) is 0. The zero-order chi connectivity index (χ0) is 37.9. The SMILES string of the molecule is CC(=O)Oc1ccccc1C(=O)Oc1ccc(/C=C/c2cc(OC(=O)c3ccccc3OC(C)=O)cc(OC(=O)c3ccccc3OC(C)=O)c2)cc1. The van der Waals surface area contributed by atoms with E-state index in [2.05, 4.69) is 0 Å². The Hall–Kier alpha value is -7.34. The zero-order valence-corrected chi connectivity index (χ0v) is 28.5. The van der Waals surface area contributed by atoms with Gasteiger partial charge < -0.3 is 28.4 Å². The lowest BCUT2D eigenvalue weighted by atomic mass is 10.1. The van der Waals surface area contributed by atoms with Crippen LogP contribution in [0.3, 0.4) is 0 Å². The molecule has 0 N–H and O–H groups in total. The zero-order valence-electron chi connectivity index (χ0n) is 28.5. The van der Waals surface area contributed by atoms with Crippen molar-refractivity contribution < 1.29 is 57.2 Å². The Balaban J connectivity index is 1.40. The summed E-state index contributed by atoms with van der Waals surface area (Å²) in [5.74, 6) is -3.97. The molecule has 0 atom stereocenters. The maximum atomic E-state index is 13.2. The van der Waals surface area contributed by atoms with Crippen LogP contribution >= 0.6 is 0 Å². The van der Waals surface area contributed by atoms with E-state index in [0.717, 1.165) is 0 Å². The van der Waals surface area contributed by atoms with Gasteiger partial charge in [-0.3, -0.25) is 14.4 Å². The van der Waals surface area contributed by atoms with E-state index in [1.165, 1.54) is 75.4 Å². The number of benzene rings is 5. The van der Waals surface area contributed by atoms with Crippen molar-refractivity contribution in [1.82, 2.24) is 0 Å². The standard InChI is InChI=1S/C41H30O12/c1-25(42)48-36-13-7-4-10-33(36)39(45)51-30-20-18-28(19-21-30)16-17-29-22-31(52-40(46)34-11-5-8-14-37(34)49-26(2)43)24-32(23-29)53-41(47)35-12-6-9-15-38(35)50-27(3)44/h4-24H,1-3H3/b17-16+. The van der Waals surface area contributed by atoms with Crippen LogP contribution in [0.5, 0.6) is 34.5 Å². The van der Waals surface area contributed by atoms with Gasteiger partial charge >= 0.3 is 35.8 Å². The quantitative estimate of drug-likeness (QED) is 0.0765. The van der Waals surface area contributed by atoms with Crippen molar-refractivity contribution in [2.45, 2.75) is 20.8 Å². The number of esters is 6. The Morgan fingerprint density at radius 1 is 0.377 bits per heavy atom. The van der Waals surface area contributed by atoms with Gasteiger partial charge in [-0.05, 0) is 71.8 Å². The second-order valence-electron chi connectivity index (χ2n) is 11.1. The largest absolute Gasteiger partial charge is 0.426 e. The molecule has 0 bridgehead atoms. The summed E-state index contributed by atoms with van der Waals surface area (Å²) in [6.07, 6.45) is 3.37. The lowest BCUT2D eigenvalue weighted by Gasteiger charge is -2.12. The smallest absolute Gasteiger partial charge is 0.347 e. The van der Waals surface area contributed by atoms with E-state index in [9.17, 15) is 28.8 Å². The van der Waals surface area contributed by atoms with Crippen LogP contribution in [0.1, 0.15) is 63.0 Å². The van der Waals surface area contributed by atoms with Crippen molar-refractivity contribution in [3.8, 4) is 34.5 Å². The van der Waals surface area contributed by atoms with Gasteiger partial charge in [-0.15, -0.1) is 0 Å². The number of carbonyl (C=O) groups excluding carboxylic acids is 6. The third-order valence-corrected chi connectivity index (χ3v) is 6.96. The van der Waals surface area contributed by atoms with Gasteiger partial charge in [0.1, 0.15) is 51.2 Å². The lowest BCUT2D eigenvalue weighted by Crippen LogP contribution is -2.14. The molecular formula is C41H30O12. The predicted octanol–water partition coefficient (Wildman–Crippen LogP) is 7.29. The Bertz CT molecular complexity index is 2140. The second kappa shape index (κ2) is 17.1. The number of carbonyl (C=O) groups is 6. The average Bonchev–Trinajstić information content (AvgIpc) is 3.11. The minimum Gasteiger partial charge on any atom is -0.426 e. The molecule has 12 heteroatoms. The number of para-hydroxylation sites is 3. The summed E-state index contributed by atoms with van der Waals surface area (Å²) < 4.78 is 32.1.